The van der Waals surface area contributed by atoms with Crippen molar-refractivity contribution in [2.24, 2.45) is 0 Å². The Bertz CT molecular complexity index is 1010. The summed E-state index contributed by atoms with van der Waals surface area (Å²) in [7, 11) is -3.59. The first kappa shape index (κ1) is 20.3. The average molecular weight is 429 g/mol. The first-order valence-electron chi connectivity index (χ1n) is 8.37. The van der Waals surface area contributed by atoms with Crippen LogP contribution in [0.5, 0.6) is 0 Å². The van der Waals surface area contributed by atoms with E-state index in [1.165, 1.54) is 16.7 Å². The molecule has 0 saturated heterocycles. The number of alkyl halides is 2. The Kier molecular flexibility index (Phi) is 6.29. The number of unbranched alkanes of at least 4 members (excludes halogenated alkanes) is 1. The number of hydrogen-bond acceptors (Lipinski definition) is 8. The molecule has 12 heteroatoms. The molecule has 3 aromatic rings. The van der Waals surface area contributed by atoms with Crippen LogP contribution in [-0.4, -0.2) is 34.3 Å². The lowest BCUT2D eigenvalue weighted by Crippen LogP contribution is -2.32. The van der Waals surface area contributed by atoms with Crippen molar-refractivity contribution in [2.75, 3.05) is 10.1 Å². The summed E-state index contributed by atoms with van der Waals surface area (Å²) in [5, 5.41) is 7.31. The van der Waals surface area contributed by atoms with Crippen molar-refractivity contribution >= 4 is 27.0 Å². The van der Waals surface area contributed by atoms with Gasteiger partial charge in [0.1, 0.15) is 9.88 Å². The number of rotatable bonds is 9. The third kappa shape index (κ3) is 4.68. The van der Waals surface area contributed by atoms with E-state index in [4.69, 9.17) is 4.42 Å². The molecular formula is C16H17F2N5O3S2. The van der Waals surface area contributed by atoms with Crippen molar-refractivity contribution in [2.45, 2.75) is 32.7 Å². The number of nitrogens with zero attached hydrogens (tertiary/aromatic N) is 5. The molecule has 0 unspecified atom stereocenters. The number of sulfonamides is 1. The maximum absolute atomic E-state index is 12.8. The van der Waals surface area contributed by atoms with Gasteiger partial charge in [0.25, 0.3) is 11.8 Å². The zero-order valence-corrected chi connectivity index (χ0v) is 16.5. The van der Waals surface area contributed by atoms with Gasteiger partial charge in [0, 0.05) is 6.20 Å². The third-order valence-electron chi connectivity index (χ3n) is 3.70. The van der Waals surface area contributed by atoms with Gasteiger partial charge in [0.15, 0.2) is 0 Å². The summed E-state index contributed by atoms with van der Waals surface area (Å²) in [4.78, 5) is 8.55. The van der Waals surface area contributed by atoms with Crippen LogP contribution in [0, 0.1) is 0 Å². The number of aromatic nitrogens is 4. The standard InChI is InChI=1S/C16H17F2N5O3S2/c1-2-3-7-28(24,25)23(11-5-4-6-19-8-11)10-13-20-9-12(27-13)15-21-22-16(26-15)14(17)18/h4-6,8-9,14H,2-3,7,10H2,1H3. The van der Waals surface area contributed by atoms with Gasteiger partial charge in [-0.3, -0.25) is 9.29 Å². The molecule has 0 atom stereocenters. The molecular weight excluding hydrogens is 412 g/mol. The Hall–Kier alpha value is -2.47. The van der Waals surface area contributed by atoms with Gasteiger partial charge >= 0.3 is 6.43 Å². The molecule has 0 aliphatic carbocycles. The van der Waals surface area contributed by atoms with Gasteiger partial charge < -0.3 is 4.42 Å². The number of halogens is 2. The van der Waals surface area contributed by atoms with E-state index in [9.17, 15) is 17.2 Å². The highest BCUT2D eigenvalue weighted by Crippen LogP contribution is 2.29. The van der Waals surface area contributed by atoms with E-state index in [0.717, 1.165) is 17.8 Å². The Morgan fingerprint density at radius 2 is 2.11 bits per heavy atom. The van der Waals surface area contributed by atoms with Gasteiger partial charge in [-0.2, -0.15) is 8.78 Å². The zero-order chi connectivity index (χ0) is 20.1. The molecule has 0 aliphatic heterocycles. The fourth-order valence-corrected chi connectivity index (χ4v) is 4.85. The first-order valence-corrected chi connectivity index (χ1v) is 10.8. The van der Waals surface area contributed by atoms with E-state index < -0.39 is 22.3 Å². The van der Waals surface area contributed by atoms with Crippen molar-refractivity contribution in [3.8, 4) is 10.8 Å². The molecule has 0 saturated carbocycles. The molecule has 3 rings (SSSR count). The Morgan fingerprint density at radius 1 is 1.29 bits per heavy atom. The average Bonchev–Trinajstić information content (AvgIpc) is 3.34. The second-order valence-corrected chi connectivity index (χ2v) is 8.88. The molecule has 0 aliphatic rings. The molecule has 3 heterocycles. The van der Waals surface area contributed by atoms with Gasteiger partial charge in [-0.1, -0.05) is 13.3 Å². The van der Waals surface area contributed by atoms with E-state index in [2.05, 4.69) is 20.2 Å². The Balaban J connectivity index is 1.86. The largest absolute Gasteiger partial charge is 0.414 e. The lowest BCUT2D eigenvalue weighted by molar-refractivity contribution is 0.116. The van der Waals surface area contributed by atoms with Crippen LogP contribution >= 0.6 is 11.3 Å². The topological polar surface area (TPSA) is 102 Å². The Morgan fingerprint density at radius 3 is 2.75 bits per heavy atom. The quantitative estimate of drug-likeness (QED) is 0.511. The maximum Gasteiger partial charge on any atom is 0.314 e. The summed E-state index contributed by atoms with van der Waals surface area (Å²) in [6.45, 7) is 1.90. The molecule has 0 N–H and O–H groups in total. The van der Waals surface area contributed by atoms with Gasteiger partial charge in [-0.15, -0.1) is 21.5 Å². The summed E-state index contributed by atoms with van der Waals surface area (Å²) < 4.78 is 57.0. The predicted molar refractivity (Wildman–Crippen MR) is 99.5 cm³/mol. The van der Waals surface area contributed by atoms with Crippen molar-refractivity contribution in [1.29, 1.82) is 0 Å². The molecule has 0 amide bonds. The van der Waals surface area contributed by atoms with Crippen LogP contribution in [-0.2, 0) is 16.6 Å². The molecule has 28 heavy (non-hydrogen) atoms. The van der Waals surface area contributed by atoms with Crippen LogP contribution in [0.15, 0.2) is 35.1 Å². The molecule has 0 spiro atoms. The fourth-order valence-electron chi connectivity index (χ4n) is 2.32. The van der Waals surface area contributed by atoms with Gasteiger partial charge in [0.05, 0.1) is 30.4 Å². The van der Waals surface area contributed by atoms with E-state index in [1.807, 2.05) is 6.92 Å². The van der Waals surface area contributed by atoms with Crippen LogP contribution in [0.1, 0.15) is 37.1 Å². The number of anilines is 1. The molecule has 150 valence electrons. The van der Waals surface area contributed by atoms with Crippen molar-refractivity contribution in [3.05, 3.63) is 41.6 Å². The van der Waals surface area contributed by atoms with Gasteiger partial charge in [-0.25, -0.2) is 13.4 Å². The summed E-state index contributed by atoms with van der Waals surface area (Å²) in [6.07, 6.45) is 2.82. The molecule has 3 aromatic heterocycles. The van der Waals surface area contributed by atoms with Crippen molar-refractivity contribution in [1.82, 2.24) is 20.2 Å². The Labute approximate surface area is 164 Å². The highest BCUT2D eigenvalue weighted by molar-refractivity contribution is 7.92. The third-order valence-corrected chi connectivity index (χ3v) is 6.48. The smallest absolute Gasteiger partial charge is 0.314 e. The first-order chi connectivity index (χ1) is 13.4. The van der Waals surface area contributed by atoms with Crippen molar-refractivity contribution < 1.29 is 21.6 Å². The minimum absolute atomic E-state index is 0.00195. The monoisotopic (exact) mass is 429 g/mol. The van der Waals surface area contributed by atoms with Crippen LogP contribution in [0.25, 0.3) is 10.8 Å². The van der Waals surface area contributed by atoms with E-state index in [0.29, 0.717) is 22.0 Å². The number of hydrogen-bond donors (Lipinski definition) is 0. The van der Waals surface area contributed by atoms with Crippen LogP contribution < -0.4 is 4.31 Å². The maximum atomic E-state index is 12.8. The zero-order valence-electron chi connectivity index (χ0n) is 14.8. The lowest BCUT2D eigenvalue weighted by Gasteiger charge is -2.23. The fraction of sp³-hybridized carbons (Fsp3) is 0.375. The SMILES string of the molecule is CCCCS(=O)(=O)N(Cc1ncc(-c2nnc(C(F)F)o2)s1)c1cccnc1. The number of thiazole rings is 1. The summed E-state index contributed by atoms with van der Waals surface area (Å²) in [5.74, 6) is -0.859. The molecule has 8 nitrogen and oxygen atoms in total. The summed E-state index contributed by atoms with van der Waals surface area (Å²) in [6, 6.07) is 3.30. The van der Waals surface area contributed by atoms with E-state index in [-0.39, 0.29) is 18.2 Å². The van der Waals surface area contributed by atoms with Gasteiger partial charge in [-0.05, 0) is 18.6 Å². The molecule has 0 radical (unpaired) electrons. The lowest BCUT2D eigenvalue weighted by atomic mass is 10.4. The van der Waals surface area contributed by atoms with Crippen LogP contribution in [0.2, 0.25) is 0 Å². The van der Waals surface area contributed by atoms with E-state index >= 15 is 0 Å². The van der Waals surface area contributed by atoms with Crippen molar-refractivity contribution in [3.63, 3.8) is 0 Å². The van der Waals surface area contributed by atoms with Gasteiger partial charge in [0.2, 0.25) is 10.0 Å². The number of pyridine rings is 1. The summed E-state index contributed by atoms with van der Waals surface area (Å²) >= 11 is 1.10. The molecule has 0 aromatic carbocycles. The predicted octanol–water partition coefficient (Wildman–Crippen LogP) is 3.66. The molecule has 0 bridgehead atoms. The highest BCUT2D eigenvalue weighted by Gasteiger charge is 2.25. The van der Waals surface area contributed by atoms with E-state index in [1.54, 1.807) is 18.3 Å². The second-order valence-electron chi connectivity index (χ2n) is 5.75. The van der Waals surface area contributed by atoms with Crippen LogP contribution in [0.3, 0.4) is 0 Å². The molecule has 0 fully saturated rings. The summed E-state index contributed by atoms with van der Waals surface area (Å²) in [5.41, 5.74) is 0.424. The minimum atomic E-state index is -3.59. The minimum Gasteiger partial charge on any atom is -0.414 e. The highest BCUT2D eigenvalue weighted by atomic mass is 32.2. The van der Waals surface area contributed by atoms with Crippen LogP contribution in [0.4, 0.5) is 14.5 Å². The second kappa shape index (κ2) is 8.69. The normalized spacial score (nSPS) is 11.9.